The summed E-state index contributed by atoms with van der Waals surface area (Å²) < 4.78 is 5.60. The number of carbonyl (C=O) groups is 1. The fourth-order valence-electron chi connectivity index (χ4n) is 3.74. The van der Waals surface area contributed by atoms with E-state index < -0.39 is 11.5 Å². The van der Waals surface area contributed by atoms with Crippen LogP contribution in [-0.4, -0.2) is 41.7 Å². The van der Waals surface area contributed by atoms with Gasteiger partial charge in [0.05, 0.1) is 19.1 Å². The van der Waals surface area contributed by atoms with Crippen LogP contribution in [0.3, 0.4) is 0 Å². The highest BCUT2D eigenvalue weighted by molar-refractivity contribution is 5.75. The Labute approximate surface area is 154 Å². The van der Waals surface area contributed by atoms with E-state index in [1.54, 1.807) is 7.11 Å². The second-order valence-electron chi connectivity index (χ2n) is 7.07. The number of methoxy groups -OCH3 is 1. The number of rotatable bonds is 6. The fraction of sp³-hybridized carbons (Fsp3) is 0.381. The van der Waals surface area contributed by atoms with E-state index in [0.717, 1.165) is 35.4 Å². The number of aliphatic hydroxyl groups is 1. The van der Waals surface area contributed by atoms with Gasteiger partial charge in [-0.2, -0.15) is 0 Å². The average molecular weight is 354 g/mol. The van der Waals surface area contributed by atoms with Gasteiger partial charge in [0.25, 0.3) is 0 Å². The Hall–Kier alpha value is -2.37. The number of nitrogens with two attached hydrogens (primary N) is 1. The van der Waals surface area contributed by atoms with Crippen LogP contribution in [0.25, 0.3) is 11.1 Å². The Morgan fingerprint density at radius 1 is 1.23 bits per heavy atom. The Balaban J connectivity index is 1.76. The van der Waals surface area contributed by atoms with Crippen molar-refractivity contribution in [1.82, 2.24) is 4.90 Å². The van der Waals surface area contributed by atoms with Crippen LogP contribution in [0.2, 0.25) is 0 Å². The van der Waals surface area contributed by atoms with Crippen LogP contribution in [0.1, 0.15) is 24.8 Å². The molecule has 0 radical (unpaired) electrons. The van der Waals surface area contributed by atoms with E-state index in [0.29, 0.717) is 19.5 Å². The Kier molecular flexibility index (Phi) is 5.59. The number of piperidine rings is 1. The van der Waals surface area contributed by atoms with Crippen molar-refractivity contribution in [2.24, 2.45) is 5.73 Å². The molecule has 1 saturated heterocycles. The number of benzene rings is 2. The van der Waals surface area contributed by atoms with E-state index in [2.05, 4.69) is 29.2 Å². The van der Waals surface area contributed by atoms with E-state index in [9.17, 15) is 9.90 Å². The van der Waals surface area contributed by atoms with Gasteiger partial charge in [0.2, 0.25) is 5.91 Å². The van der Waals surface area contributed by atoms with Crippen molar-refractivity contribution in [2.75, 3.05) is 20.2 Å². The Bertz CT molecular complexity index is 763. The van der Waals surface area contributed by atoms with Gasteiger partial charge in [0.1, 0.15) is 5.75 Å². The largest absolute Gasteiger partial charge is 0.496 e. The second kappa shape index (κ2) is 7.89. The monoisotopic (exact) mass is 354 g/mol. The van der Waals surface area contributed by atoms with E-state index >= 15 is 0 Å². The first-order chi connectivity index (χ1) is 12.5. The first-order valence-corrected chi connectivity index (χ1v) is 8.94. The zero-order valence-corrected chi connectivity index (χ0v) is 15.1. The number of β-amino-alcohol motifs (C(OH)–C–C–N with tert-alkyl or cyclic N) is 1. The van der Waals surface area contributed by atoms with Crippen molar-refractivity contribution >= 4 is 5.91 Å². The minimum atomic E-state index is -1.03. The molecule has 3 rings (SSSR count). The standard InChI is InChI=1S/C21H26N2O3/c1-26-19-12-17(16-6-3-2-4-7-16)8-9-18(19)14-23-11-5-10-21(25,15-23)13-20(22)24/h2-4,6-9,12,25H,5,10-11,13-15H2,1H3,(H2,22,24). The summed E-state index contributed by atoms with van der Waals surface area (Å²) in [5.74, 6) is 0.370. The molecular formula is C21H26N2O3. The maximum Gasteiger partial charge on any atom is 0.220 e. The predicted octanol–water partition coefficient (Wildman–Crippen LogP) is 2.56. The van der Waals surface area contributed by atoms with E-state index in [-0.39, 0.29) is 6.42 Å². The van der Waals surface area contributed by atoms with Crippen molar-refractivity contribution in [3.8, 4) is 16.9 Å². The lowest BCUT2D eigenvalue weighted by Crippen LogP contribution is -2.49. The van der Waals surface area contributed by atoms with Gasteiger partial charge >= 0.3 is 0 Å². The van der Waals surface area contributed by atoms with Gasteiger partial charge in [-0.05, 0) is 36.6 Å². The van der Waals surface area contributed by atoms with Gasteiger partial charge in [-0.15, -0.1) is 0 Å². The van der Waals surface area contributed by atoms with Crippen molar-refractivity contribution in [3.05, 3.63) is 54.1 Å². The molecule has 1 heterocycles. The maximum absolute atomic E-state index is 11.2. The summed E-state index contributed by atoms with van der Waals surface area (Å²) in [6, 6.07) is 16.4. The Morgan fingerprint density at radius 3 is 2.69 bits per heavy atom. The third-order valence-electron chi connectivity index (χ3n) is 4.93. The van der Waals surface area contributed by atoms with Crippen LogP contribution in [0.5, 0.6) is 5.75 Å². The average Bonchev–Trinajstić information content (AvgIpc) is 2.62. The van der Waals surface area contributed by atoms with Crippen molar-refractivity contribution in [3.63, 3.8) is 0 Å². The van der Waals surface area contributed by atoms with Gasteiger partial charge in [-0.3, -0.25) is 9.69 Å². The number of hydrogen-bond donors (Lipinski definition) is 2. The van der Waals surface area contributed by atoms with E-state index in [1.165, 1.54) is 0 Å². The number of ether oxygens (including phenoxy) is 1. The molecule has 1 aliphatic rings. The molecule has 2 aromatic carbocycles. The van der Waals surface area contributed by atoms with Crippen LogP contribution in [0.15, 0.2) is 48.5 Å². The van der Waals surface area contributed by atoms with Gasteiger partial charge in [-0.25, -0.2) is 0 Å². The highest BCUT2D eigenvalue weighted by Crippen LogP contribution is 2.30. The molecule has 1 fully saturated rings. The summed E-state index contributed by atoms with van der Waals surface area (Å²) in [6.07, 6.45) is 1.46. The predicted molar refractivity (Wildman–Crippen MR) is 102 cm³/mol. The molecule has 1 unspecified atom stereocenters. The zero-order chi connectivity index (χ0) is 18.6. The molecule has 5 nitrogen and oxygen atoms in total. The van der Waals surface area contributed by atoms with Gasteiger partial charge in [0.15, 0.2) is 0 Å². The number of likely N-dealkylation sites (tertiary alicyclic amines) is 1. The maximum atomic E-state index is 11.2. The highest BCUT2D eigenvalue weighted by Gasteiger charge is 2.34. The van der Waals surface area contributed by atoms with Crippen LogP contribution in [0.4, 0.5) is 0 Å². The molecular weight excluding hydrogens is 328 g/mol. The first-order valence-electron chi connectivity index (χ1n) is 8.94. The molecule has 0 spiro atoms. The number of carbonyl (C=O) groups excluding carboxylic acids is 1. The van der Waals surface area contributed by atoms with Crippen molar-refractivity contribution in [1.29, 1.82) is 0 Å². The molecule has 0 aromatic heterocycles. The summed E-state index contributed by atoms with van der Waals surface area (Å²) in [4.78, 5) is 13.4. The van der Waals surface area contributed by atoms with Crippen LogP contribution in [0, 0.1) is 0 Å². The molecule has 26 heavy (non-hydrogen) atoms. The molecule has 138 valence electrons. The SMILES string of the molecule is COc1cc(-c2ccccc2)ccc1CN1CCCC(O)(CC(N)=O)C1. The van der Waals surface area contributed by atoms with Crippen molar-refractivity contribution in [2.45, 2.75) is 31.4 Å². The number of hydrogen-bond acceptors (Lipinski definition) is 4. The van der Waals surface area contributed by atoms with Crippen LogP contribution < -0.4 is 10.5 Å². The van der Waals surface area contributed by atoms with Crippen molar-refractivity contribution < 1.29 is 14.6 Å². The normalized spacial score (nSPS) is 20.7. The lowest BCUT2D eigenvalue weighted by Gasteiger charge is -2.38. The van der Waals surface area contributed by atoms with Gasteiger partial charge < -0.3 is 15.6 Å². The molecule has 3 N–H and O–H groups in total. The number of nitrogens with zero attached hydrogens (tertiary/aromatic N) is 1. The summed E-state index contributed by atoms with van der Waals surface area (Å²) >= 11 is 0. The summed E-state index contributed by atoms with van der Waals surface area (Å²) in [7, 11) is 1.67. The minimum absolute atomic E-state index is 0.00752. The zero-order valence-electron chi connectivity index (χ0n) is 15.1. The molecule has 2 aromatic rings. The quantitative estimate of drug-likeness (QED) is 0.836. The number of amides is 1. The summed E-state index contributed by atoms with van der Waals surface area (Å²) in [5, 5.41) is 10.6. The molecule has 1 amide bonds. The lowest BCUT2D eigenvalue weighted by molar-refractivity contribution is -0.125. The van der Waals surface area contributed by atoms with Gasteiger partial charge in [-0.1, -0.05) is 42.5 Å². The second-order valence-corrected chi connectivity index (χ2v) is 7.07. The first kappa shape index (κ1) is 18.4. The van der Waals surface area contributed by atoms with Crippen LogP contribution in [-0.2, 0) is 11.3 Å². The minimum Gasteiger partial charge on any atom is -0.496 e. The fourth-order valence-corrected chi connectivity index (χ4v) is 3.74. The summed E-state index contributed by atoms with van der Waals surface area (Å²) in [5.41, 5.74) is 7.58. The molecule has 0 aliphatic carbocycles. The molecule has 1 atom stereocenters. The Morgan fingerprint density at radius 2 is 2.00 bits per heavy atom. The third-order valence-corrected chi connectivity index (χ3v) is 4.93. The van der Waals surface area contributed by atoms with Gasteiger partial charge in [0, 0.05) is 18.7 Å². The molecule has 1 aliphatic heterocycles. The van der Waals surface area contributed by atoms with E-state index in [1.807, 2.05) is 24.3 Å². The van der Waals surface area contributed by atoms with E-state index in [4.69, 9.17) is 10.5 Å². The smallest absolute Gasteiger partial charge is 0.220 e. The number of primary amides is 1. The lowest BCUT2D eigenvalue weighted by atomic mass is 9.89. The topological polar surface area (TPSA) is 75.8 Å². The molecule has 5 heteroatoms. The van der Waals surface area contributed by atoms with Crippen LogP contribution >= 0.6 is 0 Å². The third kappa shape index (κ3) is 4.42. The molecule has 0 saturated carbocycles. The molecule has 0 bridgehead atoms. The highest BCUT2D eigenvalue weighted by atomic mass is 16.5. The summed E-state index contributed by atoms with van der Waals surface area (Å²) in [6.45, 7) is 1.99.